The zero-order valence-electron chi connectivity index (χ0n) is 17.6. The summed E-state index contributed by atoms with van der Waals surface area (Å²) < 4.78 is 12.3. The molecule has 3 atom stereocenters. The second-order valence-electron chi connectivity index (χ2n) is 8.27. The van der Waals surface area contributed by atoms with Crippen molar-refractivity contribution in [2.75, 3.05) is 6.67 Å². The minimum absolute atomic E-state index is 0.154. The zero-order valence-corrected chi connectivity index (χ0v) is 17.6. The number of ketones is 1. The highest BCUT2D eigenvalue weighted by molar-refractivity contribution is 5.97. The number of alkyl halides is 1. The molecule has 0 heterocycles. The lowest BCUT2D eigenvalue weighted by Crippen LogP contribution is -2.44. The molecule has 0 aliphatic rings. The lowest BCUT2D eigenvalue weighted by molar-refractivity contribution is -0.132. The van der Waals surface area contributed by atoms with Crippen molar-refractivity contribution in [3.63, 3.8) is 0 Å². The van der Waals surface area contributed by atoms with Crippen molar-refractivity contribution in [3.8, 4) is 0 Å². The van der Waals surface area contributed by atoms with Crippen molar-refractivity contribution in [1.29, 1.82) is 0 Å². The molecule has 0 aromatic heterocycles. The summed E-state index contributed by atoms with van der Waals surface area (Å²) >= 11 is 0. The first kappa shape index (κ1) is 25.7. The van der Waals surface area contributed by atoms with E-state index in [2.05, 4.69) is 12.2 Å². The molecule has 0 rings (SSSR count). The lowest BCUT2D eigenvalue weighted by Gasteiger charge is -2.21. The molecule has 0 aliphatic carbocycles. The molecule has 0 aromatic rings. The fraction of sp³-hybridized carbons (Fsp3) is 0.857. The number of nitrogens with one attached hydrogen (secondary N) is 1. The molecule has 158 valence electrons. The van der Waals surface area contributed by atoms with Gasteiger partial charge in [-0.3, -0.25) is 19.7 Å². The number of halogens is 1. The van der Waals surface area contributed by atoms with E-state index in [4.69, 9.17) is 5.73 Å². The Kier molecular flexibility index (Phi) is 14.0. The SMILES string of the molecule is CCCCCC(CC(=O)NC(=O)[C@@H](N)CC(C)C)CC(C)CCC(=O)CF. The number of carbonyl (C=O) groups is 3. The number of hydrogen-bond acceptors (Lipinski definition) is 4. The number of rotatable bonds is 15. The number of amides is 2. The standard InChI is InChI=1S/C21H39FN2O3/c1-5-6-7-8-17(12-16(4)9-10-18(25)14-22)13-20(26)24-21(27)19(23)11-15(2)3/h15-17,19H,5-14,23H2,1-4H3,(H,24,26,27)/t16?,17?,19-/m0/s1. The summed E-state index contributed by atoms with van der Waals surface area (Å²) in [4.78, 5) is 35.5. The van der Waals surface area contributed by atoms with E-state index >= 15 is 0 Å². The van der Waals surface area contributed by atoms with Crippen LogP contribution in [0.2, 0.25) is 0 Å². The Morgan fingerprint density at radius 1 is 1.04 bits per heavy atom. The summed E-state index contributed by atoms with van der Waals surface area (Å²) in [6.07, 6.45) is 6.64. The summed E-state index contributed by atoms with van der Waals surface area (Å²) in [6, 6.07) is -0.668. The monoisotopic (exact) mass is 386 g/mol. The molecule has 0 spiro atoms. The Labute approximate surface area is 164 Å². The van der Waals surface area contributed by atoms with Gasteiger partial charge in [0.05, 0.1) is 6.04 Å². The number of carbonyl (C=O) groups excluding carboxylic acids is 3. The fourth-order valence-corrected chi connectivity index (χ4v) is 3.31. The van der Waals surface area contributed by atoms with E-state index in [-0.39, 0.29) is 42.3 Å². The van der Waals surface area contributed by atoms with Gasteiger partial charge in [0.2, 0.25) is 11.8 Å². The van der Waals surface area contributed by atoms with Gasteiger partial charge < -0.3 is 5.73 Å². The van der Waals surface area contributed by atoms with Crippen molar-refractivity contribution in [3.05, 3.63) is 0 Å². The number of unbranched alkanes of at least 4 members (excludes halogenated alkanes) is 2. The Balaban J connectivity index is 4.57. The normalized spacial score (nSPS) is 14.6. The van der Waals surface area contributed by atoms with Crippen LogP contribution in [0.25, 0.3) is 0 Å². The smallest absolute Gasteiger partial charge is 0.243 e. The highest BCUT2D eigenvalue weighted by Crippen LogP contribution is 2.25. The maximum absolute atomic E-state index is 12.3. The zero-order chi connectivity index (χ0) is 20.8. The highest BCUT2D eigenvalue weighted by Gasteiger charge is 2.21. The molecule has 6 heteroatoms. The van der Waals surface area contributed by atoms with Gasteiger partial charge in [0.15, 0.2) is 5.78 Å². The van der Waals surface area contributed by atoms with Gasteiger partial charge in [-0.2, -0.15) is 0 Å². The van der Waals surface area contributed by atoms with E-state index in [0.717, 1.165) is 32.1 Å². The minimum Gasteiger partial charge on any atom is -0.320 e. The fourth-order valence-electron chi connectivity index (χ4n) is 3.31. The number of hydrogen-bond donors (Lipinski definition) is 2. The summed E-state index contributed by atoms with van der Waals surface area (Å²) in [7, 11) is 0. The summed E-state index contributed by atoms with van der Waals surface area (Å²) in [5, 5.41) is 2.43. The average molecular weight is 387 g/mol. The van der Waals surface area contributed by atoms with Crippen LogP contribution in [0.1, 0.15) is 85.5 Å². The first-order valence-corrected chi connectivity index (χ1v) is 10.4. The van der Waals surface area contributed by atoms with Gasteiger partial charge >= 0.3 is 0 Å². The minimum atomic E-state index is -0.909. The molecular formula is C21H39FN2O3. The van der Waals surface area contributed by atoms with E-state index in [1.165, 1.54) is 0 Å². The van der Waals surface area contributed by atoms with Crippen LogP contribution in [0.4, 0.5) is 4.39 Å². The molecule has 2 unspecified atom stereocenters. The molecule has 0 saturated carbocycles. The molecule has 5 nitrogen and oxygen atoms in total. The molecule has 0 saturated heterocycles. The van der Waals surface area contributed by atoms with E-state index in [0.29, 0.717) is 12.8 Å². The van der Waals surface area contributed by atoms with Crippen molar-refractivity contribution >= 4 is 17.6 Å². The van der Waals surface area contributed by atoms with Crippen molar-refractivity contribution in [1.82, 2.24) is 5.32 Å². The quantitative estimate of drug-likeness (QED) is 0.417. The van der Waals surface area contributed by atoms with Crippen molar-refractivity contribution in [2.45, 2.75) is 91.5 Å². The van der Waals surface area contributed by atoms with Crippen LogP contribution >= 0.6 is 0 Å². The van der Waals surface area contributed by atoms with Gasteiger partial charge in [-0.25, -0.2) is 4.39 Å². The third kappa shape index (κ3) is 13.5. The molecule has 0 aromatic carbocycles. The van der Waals surface area contributed by atoms with Crippen molar-refractivity contribution < 1.29 is 18.8 Å². The molecular weight excluding hydrogens is 347 g/mol. The summed E-state index contributed by atoms with van der Waals surface area (Å²) in [6.45, 7) is 7.21. The van der Waals surface area contributed by atoms with Crippen LogP contribution in [-0.2, 0) is 14.4 Å². The third-order valence-electron chi connectivity index (χ3n) is 4.82. The van der Waals surface area contributed by atoms with E-state index in [1.807, 2.05) is 20.8 Å². The van der Waals surface area contributed by atoms with Crippen LogP contribution in [0.5, 0.6) is 0 Å². The molecule has 0 fully saturated rings. The van der Waals surface area contributed by atoms with Crippen LogP contribution in [0.15, 0.2) is 0 Å². The first-order chi connectivity index (χ1) is 12.7. The molecule has 0 aliphatic heterocycles. The Morgan fingerprint density at radius 3 is 2.26 bits per heavy atom. The van der Waals surface area contributed by atoms with E-state index in [1.54, 1.807) is 0 Å². The maximum Gasteiger partial charge on any atom is 0.243 e. The van der Waals surface area contributed by atoms with Crippen LogP contribution in [-0.4, -0.2) is 30.3 Å². The lowest BCUT2D eigenvalue weighted by atomic mass is 9.86. The second-order valence-corrected chi connectivity index (χ2v) is 8.27. The molecule has 0 bridgehead atoms. The first-order valence-electron chi connectivity index (χ1n) is 10.4. The maximum atomic E-state index is 12.3. The van der Waals surface area contributed by atoms with Gasteiger partial charge in [0.25, 0.3) is 0 Å². The number of Topliss-reactive ketones (excluding diaryl/α,β-unsaturated/α-hetero) is 1. The largest absolute Gasteiger partial charge is 0.320 e. The molecule has 0 radical (unpaired) electrons. The number of nitrogens with two attached hydrogens (primary N) is 1. The van der Waals surface area contributed by atoms with Crippen LogP contribution in [0.3, 0.4) is 0 Å². The topological polar surface area (TPSA) is 89.3 Å². The third-order valence-corrected chi connectivity index (χ3v) is 4.82. The summed E-state index contributed by atoms with van der Waals surface area (Å²) in [5.41, 5.74) is 5.83. The predicted molar refractivity (Wildman–Crippen MR) is 107 cm³/mol. The highest BCUT2D eigenvalue weighted by atomic mass is 19.1. The molecule has 3 N–H and O–H groups in total. The average Bonchev–Trinajstić information content (AvgIpc) is 2.58. The van der Waals surface area contributed by atoms with E-state index in [9.17, 15) is 18.8 Å². The van der Waals surface area contributed by atoms with Gasteiger partial charge in [0.1, 0.15) is 6.67 Å². The Hall–Kier alpha value is -1.30. The molecule has 2 amide bonds. The van der Waals surface area contributed by atoms with Gasteiger partial charge in [-0.1, -0.05) is 47.0 Å². The van der Waals surface area contributed by atoms with Gasteiger partial charge in [-0.15, -0.1) is 0 Å². The van der Waals surface area contributed by atoms with Gasteiger partial charge in [-0.05, 0) is 43.4 Å². The van der Waals surface area contributed by atoms with E-state index < -0.39 is 18.6 Å². The molecule has 27 heavy (non-hydrogen) atoms. The number of imide groups is 1. The Bertz CT molecular complexity index is 455. The van der Waals surface area contributed by atoms with Crippen LogP contribution in [0, 0.1) is 17.8 Å². The Morgan fingerprint density at radius 2 is 1.70 bits per heavy atom. The van der Waals surface area contributed by atoms with Crippen LogP contribution < -0.4 is 11.1 Å². The second kappa shape index (κ2) is 14.7. The predicted octanol–water partition coefficient (Wildman–Crippen LogP) is 3.93. The summed E-state index contributed by atoms with van der Waals surface area (Å²) in [5.74, 6) is -0.391. The van der Waals surface area contributed by atoms with Crippen molar-refractivity contribution in [2.24, 2.45) is 23.5 Å². The van der Waals surface area contributed by atoms with Gasteiger partial charge in [0, 0.05) is 12.8 Å².